The standard InChI is InChI=1S/C14H13BrO/c15-14-7-2-1-5-12(14)9-8-11-4-3-6-13(16)10-11/h1-2,5,7,11H,3-4,6,10H2/t11-/m1/s1. The highest BCUT2D eigenvalue weighted by Crippen LogP contribution is 2.21. The summed E-state index contributed by atoms with van der Waals surface area (Å²) in [6, 6.07) is 7.91. The number of carbonyl (C=O) groups excluding carboxylic acids is 1. The molecule has 1 aliphatic carbocycles. The van der Waals surface area contributed by atoms with Crippen LogP contribution in [0.25, 0.3) is 0 Å². The van der Waals surface area contributed by atoms with Crippen LogP contribution in [-0.2, 0) is 4.79 Å². The third kappa shape index (κ3) is 2.96. The molecule has 1 aliphatic rings. The monoisotopic (exact) mass is 276 g/mol. The van der Waals surface area contributed by atoms with Crippen LogP contribution in [0, 0.1) is 17.8 Å². The van der Waals surface area contributed by atoms with Crippen LogP contribution in [0.5, 0.6) is 0 Å². The Morgan fingerprint density at radius 1 is 1.31 bits per heavy atom. The van der Waals surface area contributed by atoms with Gasteiger partial charge in [0.05, 0.1) is 0 Å². The lowest BCUT2D eigenvalue weighted by atomic mass is 9.89. The third-order valence-electron chi connectivity index (χ3n) is 2.77. The zero-order valence-corrected chi connectivity index (χ0v) is 10.6. The summed E-state index contributed by atoms with van der Waals surface area (Å²) in [5.74, 6) is 6.98. The molecule has 0 unspecified atom stereocenters. The number of hydrogen-bond donors (Lipinski definition) is 0. The number of carbonyl (C=O) groups is 1. The van der Waals surface area contributed by atoms with Gasteiger partial charge in [0, 0.05) is 28.8 Å². The fraction of sp³-hybridized carbons (Fsp3) is 0.357. The zero-order chi connectivity index (χ0) is 11.4. The summed E-state index contributed by atoms with van der Waals surface area (Å²) in [5, 5.41) is 0. The molecule has 1 nitrogen and oxygen atoms in total. The largest absolute Gasteiger partial charge is 0.300 e. The molecule has 0 aromatic heterocycles. The Bertz CT molecular complexity index is 453. The van der Waals surface area contributed by atoms with Crippen LogP contribution in [0.3, 0.4) is 0 Å². The van der Waals surface area contributed by atoms with E-state index < -0.39 is 0 Å². The Labute approximate surface area is 104 Å². The predicted molar refractivity (Wildman–Crippen MR) is 68.0 cm³/mol. The van der Waals surface area contributed by atoms with Gasteiger partial charge in [-0.2, -0.15) is 0 Å². The Morgan fingerprint density at radius 2 is 2.12 bits per heavy atom. The van der Waals surface area contributed by atoms with Crippen LogP contribution in [0.1, 0.15) is 31.2 Å². The van der Waals surface area contributed by atoms with Gasteiger partial charge in [0.25, 0.3) is 0 Å². The van der Waals surface area contributed by atoms with Crippen LogP contribution >= 0.6 is 15.9 Å². The molecule has 1 aromatic rings. The molecule has 0 radical (unpaired) electrons. The normalized spacial score (nSPS) is 20.1. The molecule has 1 atom stereocenters. The summed E-state index contributed by atoms with van der Waals surface area (Å²) in [6.07, 6.45) is 3.43. The summed E-state index contributed by atoms with van der Waals surface area (Å²) >= 11 is 3.46. The first-order chi connectivity index (χ1) is 7.75. The highest BCUT2D eigenvalue weighted by atomic mass is 79.9. The molecule has 0 saturated heterocycles. The SMILES string of the molecule is O=C1CCC[C@H](C#Cc2ccccc2Br)C1. The first kappa shape index (κ1) is 11.4. The molecule has 2 heteroatoms. The fourth-order valence-corrected chi connectivity index (χ4v) is 2.27. The molecule has 0 bridgehead atoms. The van der Waals surface area contributed by atoms with E-state index in [1.807, 2.05) is 24.3 Å². The van der Waals surface area contributed by atoms with E-state index in [4.69, 9.17) is 0 Å². The van der Waals surface area contributed by atoms with E-state index in [-0.39, 0.29) is 5.92 Å². The highest BCUT2D eigenvalue weighted by molar-refractivity contribution is 9.10. The Kier molecular flexibility index (Phi) is 3.79. The lowest BCUT2D eigenvalue weighted by Gasteiger charge is -2.14. The number of hydrogen-bond acceptors (Lipinski definition) is 1. The van der Waals surface area contributed by atoms with Crippen molar-refractivity contribution in [2.75, 3.05) is 0 Å². The second-order valence-corrected chi connectivity index (χ2v) is 4.94. The molecule has 0 heterocycles. The van der Waals surface area contributed by atoms with E-state index in [1.54, 1.807) is 0 Å². The molecule has 0 amide bonds. The van der Waals surface area contributed by atoms with Crippen molar-refractivity contribution in [2.24, 2.45) is 5.92 Å². The van der Waals surface area contributed by atoms with E-state index in [9.17, 15) is 4.79 Å². The number of ketones is 1. The summed E-state index contributed by atoms with van der Waals surface area (Å²) < 4.78 is 1.02. The summed E-state index contributed by atoms with van der Waals surface area (Å²) in [4.78, 5) is 11.3. The Morgan fingerprint density at radius 3 is 2.88 bits per heavy atom. The second kappa shape index (κ2) is 5.32. The first-order valence-electron chi connectivity index (χ1n) is 5.53. The summed E-state index contributed by atoms with van der Waals surface area (Å²) in [5.41, 5.74) is 1.00. The average Bonchev–Trinajstić information content (AvgIpc) is 2.28. The first-order valence-corrected chi connectivity index (χ1v) is 6.33. The van der Waals surface area contributed by atoms with Crippen LogP contribution in [0.15, 0.2) is 28.7 Å². The van der Waals surface area contributed by atoms with Gasteiger partial charge in [-0.05, 0) is 40.9 Å². The topological polar surface area (TPSA) is 17.1 Å². The van der Waals surface area contributed by atoms with Gasteiger partial charge in [0.2, 0.25) is 0 Å². The van der Waals surface area contributed by atoms with E-state index >= 15 is 0 Å². The Hall–Kier alpha value is -1.07. The van der Waals surface area contributed by atoms with E-state index in [1.165, 1.54) is 0 Å². The molecule has 0 spiro atoms. The number of rotatable bonds is 0. The molecule has 0 N–H and O–H groups in total. The Balaban J connectivity index is 2.10. The molecular weight excluding hydrogens is 264 g/mol. The van der Waals surface area contributed by atoms with E-state index in [0.717, 1.165) is 29.3 Å². The lowest BCUT2D eigenvalue weighted by Crippen LogP contribution is -2.13. The molecule has 1 aromatic carbocycles. The van der Waals surface area contributed by atoms with Gasteiger partial charge in [-0.1, -0.05) is 24.0 Å². The van der Waals surface area contributed by atoms with Crippen LogP contribution < -0.4 is 0 Å². The van der Waals surface area contributed by atoms with Gasteiger partial charge < -0.3 is 0 Å². The highest BCUT2D eigenvalue weighted by Gasteiger charge is 2.17. The minimum Gasteiger partial charge on any atom is -0.300 e. The second-order valence-electron chi connectivity index (χ2n) is 4.08. The molecule has 16 heavy (non-hydrogen) atoms. The predicted octanol–water partition coefficient (Wildman–Crippen LogP) is 3.56. The number of benzene rings is 1. The van der Waals surface area contributed by atoms with Crippen molar-refractivity contribution in [3.63, 3.8) is 0 Å². The maximum absolute atomic E-state index is 11.3. The van der Waals surface area contributed by atoms with Crippen molar-refractivity contribution in [3.8, 4) is 11.8 Å². The van der Waals surface area contributed by atoms with Gasteiger partial charge in [-0.15, -0.1) is 0 Å². The minimum atomic E-state index is 0.258. The van der Waals surface area contributed by atoms with Gasteiger partial charge >= 0.3 is 0 Å². The van der Waals surface area contributed by atoms with E-state index in [0.29, 0.717) is 12.2 Å². The molecule has 1 fully saturated rings. The zero-order valence-electron chi connectivity index (χ0n) is 9.00. The van der Waals surface area contributed by atoms with Gasteiger partial charge in [-0.25, -0.2) is 0 Å². The molecule has 1 saturated carbocycles. The van der Waals surface area contributed by atoms with Gasteiger partial charge in [0.15, 0.2) is 0 Å². The molecule has 0 aliphatic heterocycles. The third-order valence-corrected chi connectivity index (χ3v) is 3.46. The van der Waals surface area contributed by atoms with Crippen molar-refractivity contribution < 1.29 is 4.79 Å². The van der Waals surface area contributed by atoms with Crippen molar-refractivity contribution in [2.45, 2.75) is 25.7 Å². The van der Waals surface area contributed by atoms with Crippen LogP contribution in [-0.4, -0.2) is 5.78 Å². The minimum absolute atomic E-state index is 0.258. The van der Waals surface area contributed by atoms with Crippen molar-refractivity contribution in [1.82, 2.24) is 0 Å². The number of Topliss-reactive ketones (excluding diaryl/α,β-unsaturated/α-hetero) is 1. The summed E-state index contributed by atoms with van der Waals surface area (Å²) in [7, 11) is 0. The quantitative estimate of drug-likeness (QED) is 0.663. The maximum atomic E-state index is 11.3. The van der Waals surface area contributed by atoms with E-state index in [2.05, 4.69) is 27.8 Å². The van der Waals surface area contributed by atoms with Gasteiger partial charge in [-0.3, -0.25) is 4.79 Å². The maximum Gasteiger partial charge on any atom is 0.134 e. The average molecular weight is 277 g/mol. The van der Waals surface area contributed by atoms with Crippen molar-refractivity contribution in [1.29, 1.82) is 0 Å². The van der Waals surface area contributed by atoms with Crippen LogP contribution in [0.2, 0.25) is 0 Å². The molecular formula is C14H13BrO. The molecule has 2 rings (SSSR count). The smallest absolute Gasteiger partial charge is 0.134 e. The molecule has 82 valence electrons. The van der Waals surface area contributed by atoms with Crippen molar-refractivity contribution in [3.05, 3.63) is 34.3 Å². The fourth-order valence-electron chi connectivity index (χ4n) is 1.89. The lowest BCUT2D eigenvalue weighted by molar-refractivity contribution is -0.120. The van der Waals surface area contributed by atoms with Gasteiger partial charge in [0.1, 0.15) is 5.78 Å². The van der Waals surface area contributed by atoms with Crippen LogP contribution in [0.4, 0.5) is 0 Å². The van der Waals surface area contributed by atoms with Crippen molar-refractivity contribution >= 4 is 21.7 Å². The summed E-state index contributed by atoms with van der Waals surface area (Å²) in [6.45, 7) is 0. The number of halogens is 1.